The maximum absolute atomic E-state index is 11.7. The Kier molecular flexibility index (Phi) is 4.74. The molecule has 0 N–H and O–H groups in total. The molecule has 0 fully saturated rings. The smallest absolute Gasteiger partial charge is 0.348 e. The Bertz CT molecular complexity index is 752. The molecule has 0 saturated heterocycles. The van der Waals surface area contributed by atoms with Gasteiger partial charge in [-0.05, 0) is 39.0 Å². The van der Waals surface area contributed by atoms with Gasteiger partial charge in [-0.1, -0.05) is 18.2 Å². The van der Waals surface area contributed by atoms with Crippen LogP contribution in [0.25, 0.3) is 11.8 Å². The van der Waals surface area contributed by atoms with Gasteiger partial charge in [0.2, 0.25) is 0 Å². The maximum atomic E-state index is 11.7. The van der Waals surface area contributed by atoms with Crippen LogP contribution in [0.1, 0.15) is 23.9 Å². The number of para-hydroxylation sites is 1. The van der Waals surface area contributed by atoms with Crippen LogP contribution in [0.5, 0.6) is 0 Å². The Morgan fingerprint density at radius 3 is 2.64 bits per heavy atom. The summed E-state index contributed by atoms with van der Waals surface area (Å²) >= 11 is 0. The first-order chi connectivity index (χ1) is 10.6. The first kappa shape index (κ1) is 15.5. The monoisotopic (exact) mass is 295 g/mol. The van der Waals surface area contributed by atoms with Crippen molar-refractivity contribution in [1.29, 1.82) is 5.26 Å². The summed E-state index contributed by atoms with van der Waals surface area (Å²) in [5.41, 5.74) is 3.27. The Balaban J connectivity index is 2.47. The van der Waals surface area contributed by atoms with E-state index in [0.29, 0.717) is 0 Å². The summed E-state index contributed by atoms with van der Waals surface area (Å²) in [6.45, 7) is 5.69. The van der Waals surface area contributed by atoms with Crippen LogP contribution in [-0.4, -0.2) is 22.4 Å². The zero-order valence-electron chi connectivity index (χ0n) is 12.8. The third-order valence-corrected chi connectivity index (χ3v) is 3.25. The van der Waals surface area contributed by atoms with E-state index in [9.17, 15) is 4.79 Å². The number of benzene rings is 1. The Labute approximate surface area is 129 Å². The molecule has 112 valence electrons. The average Bonchev–Trinajstić information content (AvgIpc) is 2.81. The Morgan fingerprint density at radius 1 is 1.36 bits per heavy atom. The molecule has 1 heterocycles. The van der Waals surface area contributed by atoms with E-state index in [1.165, 1.54) is 6.08 Å². The van der Waals surface area contributed by atoms with Crippen molar-refractivity contribution in [2.24, 2.45) is 0 Å². The molecular formula is C17H17N3O2. The number of ether oxygens (including phenoxy) is 1. The number of carbonyl (C=O) groups is 1. The van der Waals surface area contributed by atoms with E-state index in [1.807, 2.05) is 50.2 Å². The zero-order chi connectivity index (χ0) is 16.1. The summed E-state index contributed by atoms with van der Waals surface area (Å²) in [4.78, 5) is 11.7. The van der Waals surface area contributed by atoms with Gasteiger partial charge in [-0.15, -0.1) is 0 Å². The van der Waals surface area contributed by atoms with E-state index in [2.05, 4.69) is 5.10 Å². The molecule has 1 aromatic heterocycles. The summed E-state index contributed by atoms with van der Waals surface area (Å²) in [7, 11) is 0. The van der Waals surface area contributed by atoms with Crippen LogP contribution in [0.15, 0.2) is 35.9 Å². The number of nitriles is 1. The predicted molar refractivity (Wildman–Crippen MR) is 83.3 cm³/mol. The molecule has 0 bridgehead atoms. The van der Waals surface area contributed by atoms with E-state index in [0.717, 1.165) is 22.6 Å². The lowest BCUT2D eigenvalue weighted by Gasteiger charge is -2.04. The predicted octanol–water partition coefficient (Wildman–Crippen LogP) is 2.96. The highest BCUT2D eigenvalue weighted by atomic mass is 16.5. The lowest BCUT2D eigenvalue weighted by Crippen LogP contribution is -2.06. The fourth-order valence-corrected chi connectivity index (χ4v) is 2.17. The Morgan fingerprint density at radius 2 is 2.05 bits per heavy atom. The second-order valence-corrected chi connectivity index (χ2v) is 4.72. The zero-order valence-corrected chi connectivity index (χ0v) is 12.8. The summed E-state index contributed by atoms with van der Waals surface area (Å²) < 4.78 is 6.67. The van der Waals surface area contributed by atoms with Crippen LogP contribution < -0.4 is 0 Å². The van der Waals surface area contributed by atoms with Crippen molar-refractivity contribution < 1.29 is 9.53 Å². The number of hydrogen-bond donors (Lipinski definition) is 0. The van der Waals surface area contributed by atoms with Crippen molar-refractivity contribution in [2.75, 3.05) is 6.61 Å². The standard InChI is InChI=1S/C17H17N3O2/c1-4-22-17(21)14(11-18)10-16-12(2)19-20(13(16)3)15-8-6-5-7-9-15/h5-10H,4H2,1-3H3/b14-10-. The molecule has 0 atom stereocenters. The highest BCUT2D eigenvalue weighted by Crippen LogP contribution is 2.20. The van der Waals surface area contributed by atoms with Gasteiger partial charge in [0, 0.05) is 11.3 Å². The minimum Gasteiger partial charge on any atom is -0.462 e. The van der Waals surface area contributed by atoms with Gasteiger partial charge in [-0.3, -0.25) is 0 Å². The number of aryl methyl sites for hydroxylation is 1. The molecule has 0 saturated carbocycles. The molecule has 2 aromatic rings. The molecule has 0 spiro atoms. The van der Waals surface area contributed by atoms with Gasteiger partial charge in [0.15, 0.2) is 0 Å². The molecule has 5 heteroatoms. The van der Waals surface area contributed by atoms with Crippen LogP contribution >= 0.6 is 0 Å². The van der Waals surface area contributed by atoms with Crippen molar-refractivity contribution in [3.05, 3.63) is 52.9 Å². The summed E-state index contributed by atoms with van der Waals surface area (Å²) in [6.07, 6.45) is 1.54. The van der Waals surface area contributed by atoms with Crippen LogP contribution in [0.4, 0.5) is 0 Å². The lowest BCUT2D eigenvalue weighted by molar-refractivity contribution is -0.137. The Hall–Kier alpha value is -2.87. The molecule has 22 heavy (non-hydrogen) atoms. The van der Waals surface area contributed by atoms with Gasteiger partial charge in [0.1, 0.15) is 11.6 Å². The molecule has 2 rings (SSSR count). The van der Waals surface area contributed by atoms with E-state index in [-0.39, 0.29) is 12.2 Å². The molecular weight excluding hydrogens is 278 g/mol. The molecule has 0 aliphatic carbocycles. The van der Waals surface area contributed by atoms with Gasteiger partial charge in [-0.25, -0.2) is 9.48 Å². The number of aromatic nitrogens is 2. The van der Waals surface area contributed by atoms with Crippen molar-refractivity contribution in [3.8, 4) is 11.8 Å². The fourth-order valence-electron chi connectivity index (χ4n) is 2.17. The number of hydrogen-bond acceptors (Lipinski definition) is 4. The molecule has 0 aliphatic heterocycles. The van der Waals surface area contributed by atoms with Gasteiger partial charge in [0.25, 0.3) is 0 Å². The molecule has 1 aromatic carbocycles. The van der Waals surface area contributed by atoms with Crippen molar-refractivity contribution >= 4 is 12.0 Å². The van der Waals surface area contributed by atoms with Crippen LogP contribution in [0, 0.1) is 25.2 Å². The van der Waals surface area contributed by atoms with Crippen molar-refractivity contribution in [1.82, 2.24) is 9.78 Å². The van der Waals surface area contributed by atoms with E-state index in [1.54, 1.807) is 11.6 Å². The van der Waals surface area contributed by atoms with E-state index < -0.39 is 5.97 Å². The normalized spacial score (nSPS) is 11.1. The quantitative estimate of drug-likeness (QED) is 0.494. The number of carbonyl (C=O) groups excluding carboxylic acids is 1. The first-order valence-corrected chi connectivity index (χ1v) is 6.99. The minimum absolute atomic E-state index is 0.0272. The number of rotatable bonds is 4. The van der Waals surface area contributed by atoms with Crippen LogP contribution in [0.2, 0.25) is 0 Å². The largest absolute Gasteiger partial charge is 0.462 e. The van der Waals surface area contributed by atoms with Gasteiger partial charge in [0.05, 0.1) is 18.0 Å². The van der Waals surface area contributed by atoms with Crippen LogP contribution in [0.3, 0.4) is 0 Å². The summed E-state index contributed by atoms with van der Waals surface area (Å²) in [5, 5.41) is 13.6. The second kappa shape index (κ2) is 6.72. The maximum Gasteiger partial charge on any atom is 0.348 e. The highest BCUT2D eigenvalue weighted by molar-refractivity contribution is 5.98. The number of nitrogens with zero attached hydrogens (tertiary/aromatic N) is 3. The highest BCUT2D eigenvalue weighted by Gasteiger charge is 2.15. The third kappa shape index (κ3) is 3.07. The van der Waals surface area contributed by atoms with E-state index >= 15 is 0 Å². The molecule has 5 nitrogen and oxygen atoms in total. The minimum atomic E-state index is -0.615. The topological polar surface area (TPSA) is 67.9 Å². The van der Waals surface area contributed by atoms with Gasteiger partial charge in [-0.2, -0.15) is 10.4 Å². The molecule has 0 amide bonds. The second-order valence-electron chi connectivity index (χ2n) is 4.72. The number of esters is 1. The SMILES string of the molecule is CCOC(=O)/C(C#N)=C\c1c(C)nn(-c2ccccc2)c1C. The third-order valence-electron chi connectivity index (χ3n) is 3.25. The van der Waals surface area contributed by atoms with Gasteiger partial charge >= 0.3 is 5.97 Å². The molecule has 0 aliphatic rings. The summed E-state index contributed by atoms with van der Waals surface area (Å²) in [6, 6.07) is 11.6. The van der Waals surface area contributed by atoms with Crippen molar-refractivity contribution in [2.45, 2.75) is 20.8 Å². The summed E-state index contributed by atoms with van der Waals surface area (Å²) in [5.74, 6) is -0.615. The molecule has 0 unspecified atom stereocenters. The van der Waals surface area contributed by atoms with Gasteiger partial charge < -0.3 is 4.74 Å². The van der Waals surface area contributed by atoms with Crippen LogP contribution in [-0.2, 0) is 9.53 Å². The molecule has 0 radical (unpaired) electrons. The van der Waals surface area contributed by atoms with E-state index in [4.69, 9.17) is 10.00 Å². The average molecular weight is 295 g/mol. The first-order valence-electron chi connectivity index (χ1n) is 6.99. The van der Waals surface area contributed by atoms with Crippen molar-refractivity contribution in [3.63, 3.8) is 0 Å². The fraction of sp³-hybridized carbons (Fsp3) is 0.235. The lowest BCUT2D eigenvalue weighted by atomic mass is 10.1.